The third-order valence-corrected chi connectivity index (χ3v) is 4.24. The highest BCUT2D eigenvalue weighted by atomic mass is 16.3. The van der Waals surface area contributed by atoms with Gasteiger partial charge in [-0.25, -0.2) is 0 Å². The van der Waals surface area contributed by atoms with Gasteiger partial charge in [-0.1, -0.05) is 12.8 Å². The third-order valence-electron chi connectivity index (χ3n) is 4.24. The van der Waals surface area contributed by atoms with Crippen molar-refractivity contribution in [1.29, 1.82) is 0 Å². The molecule has 5 heteroatoms. The predicted octanol–water partition coefficient (Wildman–Crippen LogP) is 0.0420. The highest BCUT2D eigenvalue weighted by molar-refractivity contribution is 5.82. The van der Waals surface area contributed by atoms with E-state index in [0.29, 0.717) is 19.0 Å². The average Bonchev–Trinajstić information content (AvgIpc) is 3.00. The third kappa shape index (κ3) is 3.91. The Labute approximate surface area is 115 Å². The lowest BCUT2D eigenvalue weighted by Crippen LogP contribution is -2.49. The molecule has 1 aliphatic carbocycles. The molecule has 2 atom stereocenters. The zero-order chi connectivity index (χ0) is 13.8. The minimum atomic E-state index is -0.367. The Morgan fingerprint density at radius 2 is 1.95 bits per heavy atom. The number of β-amino-alcohol motifs (C(OH)–C–C–N with tert-alkyl or cyclic N) is 1. The molecule has 0 radical (unpaired) electrons. The van der Waals surface area contributed by atoms with Crippen molar-refractivity contribution in [2.75, 3.05) is 33.7 Å². The largest absolute Gasteiger partial charge is 0.392 e. The van der Waals surface area contributed by atoms with Gasteiger partial charge in [-0.2, -0.15) is 0 Å². The summed E-state index contributed by atoms with van der Waals surface area (Å²) in [4.78, 5) is 16.8. The first kappa shape index (κ1) is 14.8. The fourth-order valence-corrected chi connectivity index (χ4v) is 3.10. The first-order valence-electron chi connectivity index (χ1n) is 7.44. The molecule has 0 bridgehead atoms. The number of amides is 1. The van der Waals surface area contributed by atoms with E-state index in [1.807, 2.05) is 14.1 Å². The molecule has 1 aliphatic heterocycles. The molecule has 2 rings (SSSR count). The van der Waals surface area contributed by atoms with Crippen LogP contribution in [0.3, 0.4) is 0 Å². The minimum Gasteiger partial charge on any atom is -0.392 e. The standard InChI is InChI=1S/C14H27N3O2/c1-16(2)7-8-17(11-5-3-4-6-11)14(19)13-9-12(18)10-15-13/h11-13,15,18H,3-10H2,1-2H3. The van der Waals surface area contributed by atoms with Crippen LogP contribution in [0.2, 0.25) is 0 Å². The van der Waals surface area contributed by atoms with E-state index in [0.717, 1.165) is 25.9 Å². The molecule has 110 valence electrons. The van der Waals surface area contributed by atoms with E-state index in [-0.39, 0.29) is 18.1 Å². The second-order valence-corrected chi connectivity index (χ2v) is 6.12. The van der Waals surface area contributed by atoms with Crippen LogP contribution in [-0.2, 0) is 4.79 Å². The van der Waals surface area contributed by atoms with Gasteiger partial charge in [-0.15, -0.1) is 0 Å². The molecule has 0 spiro atoms. The maximum Gasteiger partial charge on any atom is 0.240 e. The van der Waals surface area contributed by atoms with Crippen molar-refractivity contribution in [3.8, 4) is 0 Å². The maximum absolute atomic E-state index is 12.6. The summed E-state index contributed by atoms with van der Waals surface area (Å²) >= 11 is 0. The highest BCUT2D eigenvalue weighted by Crippen LogP contribution is 2.25. The Kier molecular flexibility index (Phi) is 5.19. The molecule has 2 N–H and O–H groups in total. The second kappa shape index (κ2) is 6.68. The van der Waals surface area contributed by atoms with Crippen LogP contribution < -0.4 is 5.32 Å². The number of carbonyl (C=O) groups is 1. The van der Waals surface area contributed by atoms with Gasteiger partial charge < -0.3 is 20.2 Å². The second-order valence-electron chi connectivity index (χ2n) is 6.12. The molecule has 2 fully saturated rings. The van der Waals surface area contributed by atoms with Crippen molar-refractivity contribution < 1.29 is 9.90 Å². The van der Waals surface area contributed by atoms with Crippen LogP contribution in [0, 0.1) is 0 Å². The zero-order valence-corrected chi connectivity index (χ0v) is 12.1. The Balaban J connectivity index is 1.96. The van der Waals surface area contributed by atoms with E-state index in [4.69, 9.17) is 0 Å². The van der Waals surface area contributed by atoms with Crippen molar-refractivity contribution in [2.45, 2.75) is 50.3 Å². The summed E-state index contributed by atoms with van der Waals surface area (Å²) in [5.74, 6) is 0.185. The van der Waals surface area contributed by atoms with Crippen LogP contribution in [0.15, 0.2) is 0 Å². The number of aliphatic hydroxyl groups excluding tert-OH is 1. The highest BCUT2D eigenvalue weighted by Gasteiger charge is 2.34. The minimum absolute atomic E-state index is 0.183. The van der Waals surface area contributed by atoms with Crippen LogP contribution >= 0.6 is 0 Å². The first-order chi connectivity index (χ1) is 9.08. The van der Waals surface area contributed by atoms with Crippen molar-refractivity contribution in [2.24, 2.45) is 0 Å². The normalized spacial score (nSPS) is 28.2. The van der Waals surface area contributed by atoms with Crippen molar-refractivity contribution in [3.05, 3.63) is 0 Å². The predicted molar refractivity (Wildman–Crippen MR) is 74.9 cm³/mol. The summed E-state index contributed by atoms with van der Waals surface area (Å²) in [6.07, 6.45) is 4.93. The molecule has 5 nitrogen and oxygen atoms in total. The van der Waals surface area contributed by atoms with Crippen molar-refractivity contribution in [3.63, 3.8) is 0 Å². The summed E-state index contributed by atoms with van der Waals surface area (Å²) < 4.78 is 0. The molecule has 0 aromatic heterocycles. The van der Waals surface area contributed by atoms with Gasteiger partial charge in [0.1, 0.15) is 0 Å². The molecular formula is C14H27N3O2. The molecule has 2 aliphatic rings. The van der Waals surface area contributed by atoms with E-state index in [2.05, 4.69) is 15.1 Å². The smallest absolute Gasteiger partial charge is 0.240 e. The summed E-state index contributed by atoms with van der Waals surface area (Å²) in [7, 11) is 4.07. The summed E-state index contributed by atoms with van der Waals surface area (Å²) in [6.45, 7) is 2.24. The molecule has 19 heavy (non-hydrogen) atoms. The van der Waals surface area contributed by atoms with Crippen LogP contribution in [0.1, 0.15) is 32.1 Å². The number of aliphatic hydroxyl groups is 1. The Morgan fingerprint density at radius 1 is 1.26 bits per heavy atom. The molecule has 0 aromatic rings. The summed E-state index contributed by atoms with van der Waals surface area (Å²) in [5.41, 5.74) is 0. The van der Waals surface area contributed by atoms with E-state index in [9.17, 15) is 9.90 Å². The van der Waals surface area contributed by atoms with Crippen molar-refractivity contribution in [1.82, 2.24) is 15.1 Å². The molecule has 1 saturated heterocycles. The maximum atomic E-state index is 12.6. The van der Waals surface area contributed by atoms with Gasteiger partial charge in [-0.3, -0.25) is 4.79 Å². The van der Waals surface area contributed by atoms with Gasteiger partial charge in [0.25, 0.3) is 0 Å². The summed E-state index contributed by atoms with van der Waals surface area (Å²) in [6, 6.07) is 0.227. The fraction of sp³-hybridized carbons (Fsp3) is 0.929. The van der Waals surface area contributed by atoms with Gasteiger partial charge in [0.05, 0.1) is 12.1 Å². The van der Waals surface area contributed by atoms with Crippen LogP contribution in [0.5, 0.6) is 0 Å². The van der Waals surface area contributed by atoms with Gasteiger partial charge in [0.2, 0.25) is 5.91 Å². The van der Waals surface area contributed by atoms with Gasteiger partial charge in [0.15, 0.2) is 0 Å². The van der Waals surface area contributed by atoms with E-state index >= 15 is 0 Å². The monoisotopic (exact) mass is 269 g/mol. The number of hydrogen-bond donors (Lipinski definition) is 2. The number of rotatable bonds is 5. The molecule has 1 amide bonds. The van der Waals surface area contributed by atoms with Gasteiger partial charge in [0, 0.05) is 25.7 Å². The SMILES string of the molecule is CN(C)CCN(C(=O)C1CC(O)CN1)C1CCCC1. The van der Waals surface area contributed by atoms with Crippen molar-refractivity contribution >= 4 is 5.91 Å². The van der Waals surface area contributed by atoms with Gasteiger partial charge in [-0.05, 0) is 33.4 Å². The lowest BCUT2D eigenvalue weighted by molar-refractivity contribution is -0.135. The Morgan fingerprint density at radius 3 is 2.47 bits per heavy atom. The average molecular weight is 269 g/mol. The van der Waals surface area contributed by atoms with Crippen LogP contribution in [0.25, 0.3) is 0 Å². The number of hydrogen-bond acceptors (Lipinski definition) is 4. The Hall–Kier alpha value is -0.650. The van der Waals surface area contributed by atoms with Crippen LogP contribution in [0.4, 0.5) is 0 Å². The number of nitrogens with zero attached hydrogens (tertiary/aromatic N) is 2. The van der Waals surface area contributed by atoms with Crippen LogP contribution in [-0.4, -0.2) is 72.7 Å². The molecule has 2 unspecified atom stereocenters. The molecule has 0 aromatic carbocycles. The Bertz CT molecular complexity index is 303. The first-order valence-corrected chi connectivity index (χ1v) is 7.44. The molecular weight excluding hydrogens is 242 g/mol. The quantitative estimate of drug-likeness (QED) is 0.740. The van der Waals surface area contributed by atoms with E-state index < -0.39 is 0 Å². The number of nitrogens with one attached hydrogen (secondary N) is 1. The van der Waals surface area contributed by atoms with E-state index in [1.54, 1.807) is 0 Å². The zero-order valence-electron chi connectivity index (χ0n) is 12.1. The lowest BCUT2D eigenvalue weighted by Gasteiger charge is -2.32. The fourth-order valence-electron chi connectivity index (χ4n) is 3.10. The molecule has 1 saturated carbocycles. The van der Waals surface area contributed by atoms with E-state index in [1.165, 1.54) is 12.8 Å². The number of carbonyl (C=O) groups excluding carboxylic acids is 1. The topological polar surface area (TPSA) is 55.8 Å². The summed E-state index contributed by atoms with van der Waals surface area (Å²) in [5, 5.41) is 12.7. The van der Waals surface area contributed by atoms with Gasteiger partial charge >= 0.3 is 0 Å². The molecule has 1 heterocycles. The lowest BCUT2D eigenvalue weighted by atomic mass is 10.1. The number of likely N-dealkylation sites (N-methyl/N-ethyl adjacent to an activating group) is 1.